The number of ether oxygens (including phenoxy) is 1. The van der Waals surface area contributed by atoms with Gasteiger partial charge in [0, 0.05) is 16.0 Å². The van der Waals surface area contributed by atoms with Gasteiger partial charge in [-0.1, -0.05) is 35.3 Å². The molecule has 0 unspecified atom stereocenters. The quantitative estimate of drug-likeness (QED) is 0.655. The van der Waals surface area contributed by atoms with Gasteiger partial charge in [-0.3, -0.25) is 0 Å². The highest BCUT2D eigenvalue weighted by Crippen LogP contribution is 2.56. The van der Waals surface area contributed by atoms with Crippen molar-refractivity contribution in [2.75, 3.05) is 0 Å². The number of aldehydes is 1. The Kier molecular flexibility index (Phi) is 5.93. The SMILES string of the molecule is CC(C)(C)OC(=O)N[C@@]1(C=O)[C@H](S(=O)(=O)c2ccc(Cl)cc2)[C@@H]1c1ccc(Cl)cc1. The third-order valence-electron chi connectivity index (χ3n) is 4.80. The highest BCUT2D eigenvalue weighted by atomic mass is 35.5. The lowest BCUT2D eigenvalue weighted by Crippen LogP contribution is -2.45. The van der Waals surface area contributed by atoms with Crippen molar-refractivity contribution in [2.45, 2.75) is 48.0 Å². The van der Waals surface area contributed by atoms with Gasteiger partial charge in [0.2, 0.25) is 0 Å². The van der Waals surface area contributed by atoms with E-state index in [0.717, 1.165) is 0 Å². The first-order chi connectivity index (χ1) is 13.9. The predicted octanol–water partition coefficient (Wildman–Crippen LogP) is 4.40. The van der Waals surface area contributed by atoms with E-state index in [9.17, 15) is 18.0 Å². The fourth-order valence-corrected chi connectivity index (χ4v) is 6.00. The number of nitrogens with one attached hydrogen (secondary N) is 1. The summed E-state index contributed by atoms with van der Waals surface area (Å²) in [5, 5.41) is 2.14. The van der Waals surface area contributed by atoms with Gasteiger partial charge in [0.25, 0.3) is 0 Å². The van der Waals surface area contributed by atoms with E-state index in [0.29, 0.717) is 21.9 Å². The molecule has 1 aliphatic carbocycles. The summed E-state index contributed by atoms with van der Waals surface area (Å²) in [4.78, 5) is 24.6. The summed E-state index contributed by atoms with van der Waals surface area (Å²) in [6, 6.07) is 12.1. The molecule has 1 aliphatic rings. The van der Waals surface area contributed by atoms with E-state index >= 15 is 0 Å². The van der Waals surface area contributed by atoms with Crippen molar-refractivity contribution >= 4 is 45.4 Å². The van der Waals surface area contributed by atoms with Crippen LogP contribution in [0.4, 0.5) is 4.79 Å². The molecule has 0 bridgehead atoms. The number of carbonyl (C=O) groups excluding carboxylic acids is 2. The number of sulfone groups is 1. The minimum atomic E-state index is -3.99. The van der Waals surface area contributed by atoms with Crippen LogP contribution in [0.3, 0.4) is 0 Å². The molecule has 9 heteroatoms. The molecular weight excluding hydrogens is 449 g/mol. The standard InChI is InChI=1S/C21H21Cl2NO5S/c1-20(2,3)29-19(26)24-21(12-25)17(13-4-6-14(22)7-5-13)18(21)30(27,28)16-10-8-15(23)9-11-16/h4-12,17-18H,1-3H3,(H,24,26)/t17-,18+,21+/m0/s1. The zero-order valence-corrected chi connectivity index (χ0v) is 18.9. The number of halogens is 2. The van der Waals surface area contributed by atoms with Crippen LogP contribution in [0.1, 0.15) is 32.3 Å². The summed E-state index contributed by atoms with van der Waals surface area (Å²) < 4.78 is 32.0. The van der Waals surface area contributed by atoms with Gasteiger partial charge in [-0.2, -0.15) is 0 Å². The van der Waals surface area contributed by atoms with Crippen LogP contribution in [-0.4, -0.2) is 37.2 Å². The molecule has 3 atom stereocenters. The second-order valence-electron chi connectivity index (χ2n) is 8.13. The maximum Gasteiger partial charge on any atom is 0.408 e. The smallest absolute Gasteiger partial charge is 0.408 e. The van der Waals surface area contributed by atoms with E-state index in [4.69, 9.17) is 27.9 Å². The third kappa shape index (κ3) is 4.33. The van der Waals surface area contributed by atoms with Crippen molar-refractivity contribution in [1.82, 2.24) is 5.32 Å². The first-order valence-electron chi connectivity index (χ1n) is 9.13. The lowest BCUT2D eigenvalue weighted by Gasteiger charge is -2.22. The molecule has 0 heterocycles. The second-order valence-corrected chi connectivity index (χ2v) is 11.1. The Bertz CT molecular complexity index is 1060. The first kappa shape index (κ1) is 22.6. The van der Waals surface area contributed by atoms with Crippen LogP contribution in [0.25, 0.3) is 0 Å². The van der Waals surface area contributed by atoms with Crippen LogP contribution in [0.5, 0.6) is 0 Å². The molecule has 1 N–H and O–H groups in total. The molecule has 0 aliphatic heterocycles. The Morgan fingerprint density at radius 1 is 1.03 bits per heavy atom. The zero-order valence-electron chi connectivity index (χ0n) is 16.6. The number of amides is 1. The highest BCUT2D eigenvalue weighted by Gasteiger charge is 2.73. The van der Waals surface area contributed by atoms with Crippen molar-refractivity contribution in [3.05, 3.63) is 64.1 Å². The Balaban J connectivity index is 2.04. The molecule has 0 saturated heterocycles. The van der Waals surface area contributed by atoms with Crippen LogP contribution >= 0.6 is 23.2 Å². The lowest BCUT2D eigenvalue weighted by atomic mass is 10.1. The summed E-state index contributed by atoms with van der Waals surface area (Å²) in [5.41, 5.74) is -1.93. The Morgan fingerprint density at radius 2 is 1.53 bits per heavy atom. The molecule has 0 aromatic heterocycles. The van der Waals surface area contributed by atoms with Crippen LogP contribution in [0.2, 0.25) is 10.0 Å². The predicted molar refractivity (Wildman–Crippen MR) is 115 cm³/mol. The van der Waals surface area contributed by atoms with Crippen molar-refractivity contribution in [3.63, 3.8) is 0 Å². The molecule has 30 heavy (non-hydrogen) atoms. The molecule has 6 nitrogen and oxygen atoms in total. The summed E-state index contributed by atoms with van der Waals surface area (Å²) in [6.07, 6.45) is -0.406. The van der Waals surface area contributed by atoms with Crippen molar-refractivity contribution < 1.29 is 22.7 Å². The van der Waals surface area contributed by atoms with Crippen LogP contribution in [0.15, 0.2) is 53.4 Å². The number of hydrogen-bond acceptors (Lipinski definition) is 5. The average Bonchev–Trinajstić information content (AvgIpc) is 3.30. The van der Waals surface area contributed by atoms with Gasteiger partial charge in [-0.05, 0) is 62.7 Å². The van der Waals surface area contributed by atoms with Crippen LogP contribution < -0.4 is 5.32 Å². The Morgan fingerprint density at radius 3 is 2.00 bits per heavy atom. The Hall–Kier alpha value is -2.09. The molecule has 160 valence electrons. The van der Waals surface area contributed by atoms with Gasteiger partial charge in [-0.15, -0.1) is 0 Å². The van der Waals surface area contributed by atoms with Crippen LogP contribution in [-0.2, 0) is 19.4 Å². The largest absolute Gasteiger partial charge is 0.444 e. The number of benzene rings is 2. The van der Waals surface area contributed by atoms with E-state index in [1.54, 1.807) is 45.0 Å². The van der Waals surface area contributed by atoms with Crippen molar-refractivity contribution in [1.29, 1.82) is 0 Å². The van der Waals surface area contributed by atoms with E-state index in [1.165, 1.54) is 24.3 Å². The van der Waals surface area contributed by atoms with E-state index in [1.807, 2.05) is 0 Å². The molecule has 2 aromatic rings. The number of alkyl carbamates (subject to hydrolysis) is 1. The number of rotatable bonds is 5. The van der Waals surface area contributed by atoms with Gasteiger partial charge >= 0.3 is 6.09 Å². The normalized spacial score (nSPS) is 23.5. The van der Waals surface area contributed by atoms with Gasteiger partial charge in [0.1, 0.15) is 22.7 Å². The first-order valence-corrected chi connectivity index (χ1v) is 11.4. The summed E-state index contributed by atoms with van der Waals surface area (Å²) in [7, 11) is -3.99. The van der Waals surface area contributed by atoms with Gasteiger partial charge in [-0.25, -0.2) is 13.2 Å². The summed E-state index contributed by atoms with van der Waals surface area (Å²) >= 11 is 11.8. The summed E-state index contributed by atoms with van der Waals surface area (Å²) in [5.74, 6) is -0.805. The minimum Gasteiger partial charge on any atom is -0.444 e. The van der Waals surface area contributed by atoms with Gasteiger partial charge < -0.3 is 14.8 Å². The van der Waals surface area contributed by atoms with E-state index in [-0.39, 0.29) is 4.90 Å². The molecule has 1 saturated carbocycles. The summed E-state index contributed by atoms with van der Waals surface area (Å²) in [6.45, 7) is 5.02. The molecule has 1 fully saturated rings. The van der Waals surface area contributed by atoms with E-state index in [2.05, 4.69) is 5.32 Å². The lowest BCUT2D eigenvalue weighted by molar-refractivity contribution is -0.110. The molecule has 2 aromatic carbocycles. The molecule has 3 rings (SSSR count). The maximum absolute atomic E-state index is 13.4. The van der Waals surface area contributed by atoms with Crippen molar-refractivity contribution in [3.8, 4) is 0 Å². The third-order valence-corrected chi connectivity index (χ3v) is 7.56. The fraction of sp³-hybridized carbons (Fsp3) is 0.333. The fourth-order valence-electron chi connectivity index (χ4n) is 3.50. The minimum absolute atomic E-state index is 0.00516. The molecule has 0 spiro atoms. The monoisotopic (exact) mass is 469 g/mol. The Labute approximate surface area is 185 Å². The van der Waals surface area contributed by atoms with E-state index < -0.39 is 38.2 Å². The number of hydrogen-bond donors (Lipinski definition) is 1. The van der Waals surface area contributed by atoms with Crippen LogP contribution in [0, 0.1) is 0 Å². The molecular formula is C21H21Cl2NO5S. The second kappa shape index (κ2) is 7.87. The maximum atomic E-state index is 13.4. The zero-order chi connectivity index (χ0) is 22.3. The number of carbonyl (C=O) groups is 2. The molecule has 0 radical (unpaired) electrons. The van der Waals surface area contributed by atoms with Crippen molar-refractivity contribution in [2.24, 2.45) is 0 Å². The van der Waals surface area contributed by atoms with Gasteiger partial charge in [0.15, 0.2) is 9.84 Å². The topological polar surface area (TPSA) is 89.5 Å². The average molecular weight is 470 g/mol. The molecule has 1 amide bonds. The van der Waals surface area contributed by atoms with Gasteiger partial charge in [0.05, 0.1) is 4.90 Å². The highest BCUT2D eigenvalue weighted by molar-refractivity contribution is 7.92.